The molecule has 36 heavy (non-hydrogen) atoms. The zero-order valence-corrected chi connectivity index (χ0v) is 22.0. The van der Waals surface area contributed by atoms with Gasteiger partial charge in [-0.1, -0.05) is 13.8 Å². The summed E-state index contributed by atoms with van der Waals surface area (Å²) in [6.45, 7) is 10.1. The van der Waals surface area contributed by atoms with E-state index in [2.05, 4.69) is 46.6 Å². The monoisotopic (exact) mass is 498 g/mol. The molecule has 3 heterocycles. The van der Waals surface area contributed by atoms with Crippen LogP contribution in [-0.2, 0) is 16.5 Å². The summed E-state index contributed by atoms with van der Waals surface area (Å²) in [6.07, 6.45) is 3.97. The van der Waals surface area contributed by atoms with Crippen molar-refractivity contribution in [1.82, 2.24) is 9.55 Å². The van der Waals surface area contributed by atoms with Crippen LogP contribution in [0.15, 0.2) is 53.7 Å². The highest BCUT2D eigenvalue weighted by Gasteiger charge is 2.33. The van der Waals surface area contributed by atoms with Crippen LogP contribution in [0.1, 0.15) is 42.7 Å². The number of fused-ring (bicyclic) bond motifs is 2. The number of rotatable bonds is 5. The standard InChI is InChI=1S/C29H28FN4OP/c1-18-12-21(17-33-28(18)36(4,5)35)26-24-13-19-15-32-16-20(19)14-25(24)34(23-8-6-22(30)7-9-23)27(26)29(2,3)10-11-31/h6-9,12-14,16-17H,10,15H2,1-5H3. The molecule has 0 radical (unpaired) electrons. The molecule has 0 saturated carbocycles. The van der Waals surface area contributed by atoms with Crippen molar-refractivity contribution in [3.8, 4) is 22.9 Å². The fourth-order valence-corrected chi connectivity index (χ4v) is 6.48. The summed E-state index contributed by atoms with van der Waals surface area (Å²) < 4.78 is 28.8. The molecule has 0 bridgehead atoms. The first-order valence-electron chi connectivity index (χ1n) is 11.9. The van der Waals surface area contributed by atoms with E-state index in [1.54, 1.807) is 31.7 Å². The predicted octanol–water partition coefficient (Wildman–Crippen LogP) is 6.51. The Bertz CT molecular complexity index is 1640. The number of aliphatic imine (C=N–C) groups is 1. The first-order chi connectivity index (χ1) is 17.0. The van der Waals surface area contributed by atoms with Crippen LogP contribution in [0.4, 0.5) is 4.39 Å². The molecule has 1 aliphatic heterocycles. The van der Waals surface area contributed by atoms with Crippen molar-refractivity contribution >= 4 is 29.7 Å². The normalized spacial score (nSPS) is 13.2. The van der Waals surface area contributed by atoms with Gasteiger partial charge in [0, 0.05) is 52.1 Å². The molecule has 0 saturated heterocycles. The number of halogens is 1. The Hall–Kier alpha value is -3.55. The Balaban J connectivity index is 1.93. The largest absolute Gasteiger partial charge is 0.318 e. The van der Waals surface area contributed by atoms with Crippen LogP contribution >= 0.6 is 7.14 Å². The van der Waals surface area contributed by atoms with Gasteiger partial charge in [0.25, 0.3) is 0 Å². The molecule has 5 rings (SSSR count). The van der Waals surface area contributed by atoms with Gasteiger partial charge >= 0.3 is 0 Å². The zero-order valence-electron chi connectivity index (χ0n) is 21.1. The van der Waals surface area contributed by atoms with Gasteiger partial charge in [0.15, 0.2) is 0 Å². The lowest BCUT2D eigenvalue weighted by atomic mass is 9.82. The molecule has 0 fully saturated rings. The van der Waals surface area contributed by atoms with E-state index in [1.165, 1.54) is 12.1 Å². The molecule has 182 valence electrons. The van der Waals surface area contributed by atoms with E-state index in [9.17, 15) is 14.2 Å². The lowest BCUT2D eigenvalue weighted by molar-refractivity contribution is 0.516. The van der Waals surface area contributed by atoms with Gasteiger partial charge in [0.2, 0.25) is 0 Å². The van der Waals surface area contributed by atoms with Crippen molar-refractivity contribution in [2.24, 2.45) is 4.99 Å². The zero-order chi connectivity index (χ0) is 25.8. The van der Waals surface area contributed by atoms with E-state index in [1.807, 2.05) is 19.2 Å². The molecular weight excluding hydrogens is 470 g/mol. The van der Waals surface area contributed by atoms with E-state index in [0.717, 1.165) is 50.1 Å². The number of aryl methyl sites for hydroxylation is 1. The SMILES string of the molecule is Cc1cc(-c2c(C(C)(C)CC#N)n(-c3ccc(F)cc3)c3cc4c(cc23)CN=C4)cnc1P(C)(C)=O. The molecule has 2 aromatic heterocycles. The molecule has 4 aromatic rings. The average Bonchev–Trinajstić information content (AvgIpc) is 3.39. The summed E-state index contributed by atoms with van der Waals surface area (Å²) in [7, 11) is -2.54. The van der Waals surface area contributed by atoms with Crippen molar-refractivity contribution in [3.05, 3.63) is 76.9 Å². The summed E-state index contributed by atoms with van der Waals surface area (Å²) in [5.41, 5.74) is 7.77. The Kier molecular flexibility index (Phi) is 5.73. The van der Waals surface area contributed by atoms with Gasteiger partial charge < -0.3 is 9.13 Å². The topological polar surface area (TPSA) is 71.0 Å². The van der Waals surface area contributed by atoms with Crippen LogP contribution in [-0.4, -0.2) is 29.1 Å². The van der Waals surface area contributed by atoms with Gasteiger partial charge in [-0.15, -0.1) is 0 Å². The fraction of sp³-hybridized carbons (Fsp3) is 0.276. The Morgan fingerprint density at radius 1 is 1.17 bits per heavy atom. The van der Waals surface area contributed by atoms with Crippen molar-refractivity contribution < 1.29 is 8.96 Å². The summed E-state index contributed by atoms with van der Waals surface area (Å²) in [5.74, 6) is -0.305. The van der Waals surface area contributed by atoms with Crippen LogP contribution in [0, 0.1) is 24.1 Å². The van der Waals surface area contributed by atoms with Crippen LogP contribution in [0.3, 0.4) is 0 Å². The second kappa shape index (κ2) is 8.54. The number of nitrogens with zero attached hydrogens (tertiary/aromatic N) is 4. The minimum Gasteiger partial charge on any atom is -0.318 e. The average molecular weight is 499 g/mol. The maximum atomic E-state index is 13.9. The van der Waals surface area contributed by atoms with Crippen LogP contribution in [0.5, 0.6) is 0 Å². The maximum absolute atomic E-state index is 13.9. The molecule has 0 N–H and O–H groups in total. The molecule has 5 nitrogen and oxygen atoms in total. The summed E-state index contributed by atoms with van der Waals surface area (Å²) in [5, 5.41) is 10.8. The number of pyridine rings is 1. The quantitative estimate of drug-likeness (QED) is 0.295. The lowest BCUT2D eigenvalue weighted by Crippen LogP contribution is -2.22. The van der Waals surface area contributed by atoms with E-state index >= 15 is 0 Å². The highest BCUT2D eigenvalue weighted by atomic mass is 31.2. The number of hydrogen-bond donors (Lipinski definition) is 0. The second-order valence-electron chi connectivity index (χ2n) is 10.5. The third-order valence-electron chi connectivity index (χ3n) is 6.82. The summed E-state index contributed by atoms with van der Waals surface area (Å²) >= 11 is 0. The first-order valence-corrected chi connectivity index (χ1v) is 14.5. The highest BCUT2D eigenvalue weighted by molar-refractivity contribution is 7.70. The molecule has 2 aromatic carbocycles. The third kappa shape index (κ3) is 3.98. The van der Waals surface area contributed by atoms with Crippen molar-refractivity contribution in [2.75, 3.05) is 13.3 Å². The first kappa shape index (κ1) is 24.2. The molecule has 0 atom stereocenters. The van der Waals surface area contributed by atoms with Crippen LogP contribution < -0.4 is 5.44 Å². The maximum Gasteiger partial charge on any atom is 0.127 e. The molecule has 7 heteroatoms. The molecule has 0 unspecified atom stereocenters. The van der Waals surface area contributed by atoms with Gasteiger partial charge in [-0.25, -0.2) is 4.39 Å². The van der Waals surface area contributed by atoms with Crippen molar-refractivity contribution in [1.29, 1.82) is 5.26 Å². The summed E-state index contributed by atoms with van der Waals surface area (Å²) in [4.78, 5) is 9.11. The highest BCUT2D eigenvalue weighted by Crippen LogP contribution is 2.45. The Morgan fingerprint density at radius 3 is 2.53 bits per heavy atom. The Labute approximate surface area is 210 Å². The molecule has 0 spiro atoms. The van der Waals surface area contributed by atoms with Crippen LogP contribution in [0.2, 0.25) is 0 Å². The van der Waals surface area contributed by atoms with Crippen molar-refractivity contribution in [3.63, 3.8) is 0 Å². The van der Waals surface area contributed by atoms with E-state index < -0.39 is 12.6 Å². The minimum atomic E-state index is -2.54. The molecule has 0 amide bonds. The van der Waals surface area contributed by atoms with Crippen LogP contribution in [0.25, 0.3) is 27.7 Å². The lowest BCUT2D eigenvalue weighted by Gasteiger charge is -2.27. The smallest absolute Gasteiger partial charge is 0.127 e. The van der Waals surface area contributed by atoms with E-state index in [4.69, 9.17) is 0 Å². The molecular formula is C29H28FN4OP. The predicted molar refractivity (Wildman–Crippen MR) is 145 cm³/mol. The van der Waals surface area contributed by atoms with Gasteiger partial charge in [-0.05, 0) is 79.4 Å². The Morgan fingerprint density at radius 2 is 1.89 bits per heavy atom. The fourth-order valence-electron chi connectivity index (χ4n) is 5.23. The number of nitriles is 1. The summed E-state index contributed by atoms with van der Waals surface area (Å²) in [6, 6.07) is 15.1. The van der Waals surface area contributed by atoms with Gasteiger partial charge in [0.05, 0.1) is 18.1 Å². The van der Waals surface area contributed by atoms with Gasteiger partial charge in [-0.2, -0.15) is 5.26 Å². The molecule has 1 aliphatic rings. The second-order valence-corrected chi connectivity index (χ2v) is 13.6. The van der Waals surface area contributed by atoms with E-state index in [0.29, 0.717) is 18.4 Å². The number of aromatic nitrogens is 2. The minimum absolute atomic E-state index is 0.294. The van der Waals surface area contributed by atoms with Gasteiger partial charge in [-0.3, -0.25) is 9.98 Å². The van der Waals surface area contributed by atoms with E-state index in [-0.39, 0.29) is 5.82 Å². The molecule has 0 aliphatic carbocycles. The van der Waals surface area contributed by atoms with Crippen molar-refractivity contribution in [2.45, 2.75) is 39.2 Å². The third-order valence-corrected chi connectivity index (χ3v) is 8.30. The number of benzene rings is 2. The number of hydrogen-bond acceptors (Lipinski definition) is 4. The van der Waals surface area contributed by atoms with Gasteiger partial charge in [0.1, 0.15) is 18.4 Å².